The molecule has 0 N–H and O–H groups in total. The molecule has 0 aromatic heterocycles. The lowest BCUT2D eigenvalue weighted by Gasteiger charge is -2.35. The van der Waals surface area contributed by atoms with Crippen molar-refractivity contribution >= 4 is 0 Å². The number of benzene rings is 3. The number of hydrogen-bond donors (Lipinski definition) is 0. The van der Waals surface area contributed by atoms with Crippen molar-refractivity contribution in [3.05, 3.63) is 106 Å². The van der Waals surface area contributed by atoms with Gasteiger partial charge in [0.1, 0.15) is 0 Å². The van der Waals surface area contributed by atoms with Gasteiger partial charge >= 0.3 is 0 Å². The fourth-order valence-corrected chi connectivity index (χ4v) is 7.76. The molecule has 0 heteroatoms. The van der Waals surface area contributed by atoms with Crippen LogP contribution < -0.4 is 0 Å². The fraction of sp³-hybridized carbons (Fsp3) is 0.667. The second-order valence-electron chi connectivity index (χ2n) is 16.2. The molecule has 0 radical (unpaired) electrons. The largest absolute Gasteiger partial charge is 0.0776 e. The smallest absolute Gasteiger partial charge is 0.0107 e. The van der Waals surface area contributed by atoms with E-state index in [0.717, 1.165) is 17.8 Å². The third-order valence-electron chi connectivity index (χ3n) is 10.0. The zero-order valence-corrected chi connectivity index (χ0v) is 39.8. The molecular weight excluding hydrogens is 649 g/mol. The summed E-state index contributed by atoms with van der Waals surface area (Å²) in [4.78, 5) is 0. The fourth-order valence-electron chi connectivity index (χ4n) is 7.76. The highest BCUT2D eigenvalue weighted by Crippen LogP contribution is 2.45. The molecule has 3 unspecified atom stereocenters. The van der Waals surface area contributed by atoms with E-state index in [1.807, 2.05) is 83.1 Å². The van der Waals surface area contributed by atoms with Crippen LogP contribution in [-0.4, -0.2) is 0 Å². The molecule has 0 bridgehead atoms. The summed E-state index contributed by atoms with van der Waals surface area (Å²) >= 11 is 0. The molecule has 0 saturated heterocycles. The van der Waals surface area contributed by atoms with Crippen molar-refractivity contribution < 1.29 is 0 Å². The Hall–Kier alpha value is -2.34. The molecule has 0 heterocycles. The third-order valence-corrected chi connectivity index (χ3v) is 10.0. The lowest BCUT2D eigenvalue weighted by Crippen LogP contribution is -2.22. The van der Waals surface area contributed by atoms with Crippen molar-refractivity contribution in [2.24, 2.45) is 16.2 Å². The summed E-state index contributed by atoms with van der Waals surface area (Å²) in [5, 5.41) is 0. The highest BCUT2D eigenvalue weighted by Gasteiger charge is 2.32. The van der Waals surface area contributed by atoms with Crippen molar-refractivity contribution in [1.29, 1.82) is 0 Å². The lowest BCUT2D eigenvalue weighted by molar-refractivity contribution is 0.289. The van der Waals surface area contributed by atoms with Gasteiger partial charge in [-0.3, -0.25) is 0 Å². The Morgan fingerprint density at radius 3 is 0.815 bits per heavy atom. The summed E-state index contributed by atoms with van der Waals surface area (Å²) < 4.78 is 0. The molecule has 0 amide bonds. The Balaban J connectivity index is -0.000000302. The van der Waals surface area contributed by atoms with Crippen molar-refractivity contribution in [3.63, 3.8) is 0 Å². The molecule has 3 aliphatic rings. The van der Waals surface area contributed by atoms with Crippen LogP contribution >= 0.6 is 0 Å². The lowest BCUT2D eigenvalue weighted by atomic mass is 9.69. The van der Waals surface area contributed by atoms with Crippen LogP contribution in [0.4, 0.5) is 0 Å². The molecule has 6 rings (SSSR count). The van der Waals surface area contributed by atoms with Crippen LogP contribution in [0.15, 0.2) is 72.8 Å². The molecule has 54 heavy (non-hydrogen) atoms. The highest BCUT2D eigenvalue weighted by atomic mass is 14.4. The Bertz CT molecular complexity index is 1190. The van der Waals surface area contributed by atoms with Crippen LogP contribution in [0, 0.1) is 16.2 Å². The Morgan fingerprint density at radius 2 is 0.556 bits per heavy atom. The predicted octanol–water partition coefficient (Wildman–Crippen LogP) is 18.9. The van der Waals surface area contributed by atoms with Crippen molar-refractivity contribution in [3.8, 4) is 0 Å². The zero-order chi connectivity index (χ0) is 41.8. The summed E-state index contributed by atoms with van der Waals surface area (Å²) in [5.74, 6) is 2.28. The average molecular weight is 747 g/mol. The van der Waals surface area contributed by atoms with Gasteiger partial charge in [-0.25, -0.2) is 0 Å². The van der Waals surface area contributed by atoms with Crippen LogP contribution in [0.3, 0.4) is 0 Å². The molecule has 3 atom stereocenters. The summed E-state index contributed by atoms with van der Waals surface area (Å²) in [6.07, 6.45) is 10.6. The van der Waals surface area contributed by atoms with Crippen LogP contribution in [0.2, 0.25) is 0 Å². The summed E-state index contributed by atoms with van der Waals surface area (Å²) in [7, 11) is 0. The topological polar surface area (TPSA) is 0 Å². The van der Waals surface area contributed by atoms with E-state index in [4.69, 9.17) is 0 Å². The predicted molar refractivity (Wildman–Crippen MR) is 255 cm³/mol. The first-order chi connectivity index (χ1) is 25.3. The Morgan fingerprint density at radius 1 is 0.333 bits per heavy atom. The summed E-state index contributed by atoms with van der Waals surface area (Å²) in [6.45, 7) is 45.2. The quantitative estimate of drug-likeness (QED) is 0.215. The van der Waals surface area contributed by atoms with Gasteiger partial charge < -0.3 is 0 Å². The van der Waals surface area contributed by atoms with E-state index in [2.05, 4.69) is 135 Å². The molecule has 0 nitrogen and oxygen atoms in total. The highest BCUT2D eigenvalue weighted by molar-refractivity contribution is 5.36. The van der Waals surface area contributed by atoms with E-state index in [9.17, 15) is 0 Å². The van der Waals surface area contributed by atoms with Gasteiger partial charge in [0.05, 0.1) is 0 Å². The zero-order valence-electron chi connectivity index (χ0n) is 39.8. The van der Waals surface area contributed by atoms with Crippen LogP contribution in [0.5, 0.6) is 0 Å². The minimum absolute atomic E-state index is 0. The van der Waals surface area contributed by atoms with Gasteiger partial charge in [0.15, 0.2) is 0 Å². The number of aryl methyl sites for hydroxylation is 3. The maximum atomic E-state index is 2.36. The molecule has 0 aliphatic heterocycles. The average Bonchev–Trinajstić information content (AvgIpc) is 3.64. The van der Waals surface area contributed by atoms with E-state index in [1.165, 1.54) is 51.4 Å². The van der Waals surface area contributed by atoms with Gasteiger partial charge in [0.2, 0.25) is 0 Å². The third kappa shape index (κ3) is 19.5. The first-order valence-electron chi connectivity index (χ1n) is 22.5. The SMILES string of the molecule is C.CC.CC.CC.CC.CC.CC.CC(C)(C)C1CCCc2ccccc21.CC(C)(C)C1CCCc2ccccc21.CC(C)(C)C1CCc2ccccc21. The van der Waals surface area contributed by atoms with Crippen LogP contribution in [0.25, 0.3) is 0 Å². The van der Waals surface area contributed by atoms with Gasteiger partial charge in [-0.05, 0) is 119 Å². The van der Waals surface area contributed by atoms with Gasteiger partial charge in [0, 0.05) is 0 Å². The van der Waals surface area contributed by atoms with Crippen molar-refractivity contribution in [1.82, 2.24) is 0 Å². The van der Waals surface area contributed by atoms with Gasteiger partial charge in [0.25, 0.3) is 0 Å². The van der Waals surface area contributed by atoms with E-state index in [-0.39, 0.29) is 7.43 Å². The first kappa shape index (κ1) is 58.4. The number of rotatable bonds is 0. The molecule has 0 fully saturated rings. The van der Waals surface area contributed by atoms with E-state index < -0.39 is 0 Å². The number of fused-ring (bicyclic) bond motifs is 3. The van der Waals surface area contributed by atoms with Crippen molar-refractivity contribution in [2.75, 3.05) is 0 Å². The molecule has 0 saturated carbocycles. The summed E-state index contributed by atoms with van der Waals surface area (Å²) in [6, 6.07) is 26.9. The first-order valence-corrected chi connectivity index (χ1v) is 22.5. The minimum atomic E-state index is 0. The molecule has 0 spiro atoms. The molecule has 3 aromatic rings. The van der Waals surface area contributed by atoms with E-state index >= 15 is 0 Å². The Labute approximate surface area is 343 Å². The molecular formula is C54H98. The van der Waals surface area contributed by atoms with Crippen LogP contribution in [0.1, 0.15) is 236 Å². The summed E-state index contributed by atoms with van der Waals surface area (Å²) in [5.41, 5.74) is 10.8. The molecule has 314 valence electrons. The van der Waals surface area contributed by atoms with E-state index in [1.54, 1.807) is 33.4 Å². The van der Waals surface area contributed by atoms with E-state index in [0.29, 0.717) is 16.2 Å². The maximum absolute atomic E-state index is 2.36. The second-order valence-corrected chi connectivity index (χ2v) is 16.2. The Kier molecular flexibility index (Phi) is 34.4. The van der Waals surface area contributed by atoms with Gasteiger partial charge in [-0.15, -0.1) is 0 Å². The second kappa shape index (κ2) is 31.8. The molecule has 3 aliphatic carbocycles. The van der Waals surface area contributed by atoms with Gasteiger partial charge in [-0.2, -0.15) is 0 Å². The monoisotopic (exact) mass is 747 g/mol. The van der Waals surface area contributed by atoms with Crippen LogP contribution in [-0.2, 0) is 19.3 Å². The van der Waals surface area contributed by atoms with Crippen molar-refractivity contribution in [2.45, 2.75) is 222 Å². The standard InChI is InChI=1S/2C14H20.C13H18.6C2H6.CH4/c2*1-14(2,3)13-10-6-8-11-7-4-5-9-12(11)13;1-13(2,3)12-9-8-10-6-4-5-7-11(10)12;6*1-2;/h2*4-5,7,9,13H,6,8,10H2,1-3H3;4-7,12H,8-9H2,1-3H3;6*1-2H3;1H4. The molecule has 3 aromatic carbocycles. The number of hydrogen-bond acceptors (Lipinski definition) is 0. The minimum Gasteiger partial charge on any atom is -0.0776 e. The normalized spacial score (nSPS) is 17.2. The van der Waals surface area contributed by atoms with Gasteiger partial charge in [-0.1, -0.05) is 226 Å². The maximum Gasteiger partial charge on any atom is -0.0107 e.